The van der Waals surface area contributed by atoms with E-state index in [2.05, 4.69) is 20.0 Å². The van der Waals surface area contributed by atoms with Crippen molar-refractivity contribution in [2.75, 3.05) is 12.3 Å². The van der Waals surface area contributed by atoms with Gasteiger partial charge >= 0.3 is 25.4 Å². The molecule has 5 atom stereocenters. The molecule has 2 aromatic heterocycles. The normalized spacial score (nSPS) is 20.7. The Morgan fingerprint density at radius 3 is 2.76 bits per heavy atom. The van der Waals surface area contributed by atoms with E-state index in [4.69, 9.17) is 19.5 Å². The smallest absolute Gasteiger partial charge is 0.456 e. The number of nitrogens with two attached hydrogens (primary N) is 1. The van der Waals surface area contributed by atoms with Gasteiger partial charge in [-0.25, -0.2) is 18.9 Å². The summed E-state index contributed by atoms with van der Waals surface area (Å²) in [5.74, 6) is -1.24. The molecule has 1 saturated heterocycles. The highest BCUT2D eigenvalue weighted by Gasteiger charge is 2.39. The zero-order valence-corrected chi connectivity index (χ0v) is 23.5. The molecule has 3 aromatic rings. The summed E-state index contributed by atoms with van der Waals surface area (Å²) in [7, 11) is -2.84. The lowest BCUT2D eigenvalue weighted by Crippen LogP contribution is -2.36. The van der Waals surface area contributed by atoms with E-state index in [1.807, 2.05) is 0 Å². The number of hydrogen-bond acceptors (Lipinski definition) is 14. The van der Waals surface area contributed by atoms with Gasteiger partial charge in [-0.1, -0.05) is 23.2 Å². The summed E-state index contributed by atoms with van der Waals surface area (Å²) in [5.41, 5.74) is 5.08. The molecule has 220 valence electrons. The summed E-state index contributed by atoms with van der Waals surface area (Å²) in [5, 5.41) is 23.0. The minimum absolute atomic E-state index is 0.165. The Morgan fingerprint density at radius 1 is 1.37 bits per heavy atom. The first-order valence-corrected chi connectivity index (χ1v) is 14.6. The van der Waals surface area contributed by atoms with Gasteiger partial charge in [-0.15, -0.1) is 11.8 Å². The van der Waals surface area contributed by atoms with Crippen LogP contribution in [0.15, 0.2) is 47.7 Å². The second kappa shape index (κ2) is 12.8. The molecule has 1 aliphatic rings. The number of nitrogens with zero attached hydrogens (tertiary/aromatic N) is 6. The lowest BCUT2D eigenvalue weighted by molar-refractivity contribution is -0.396. The summed E-state index contributed by atoms with van der Waals surface area (Å²) in [6.07, 6.45) is 1.67. The van der Waals surface area contributed by atoms with E-state index >= 15 is 0 Å². The van der Waals surface area contributed by atoms with Gasteiger partial charge < -0.3 is 30.2 Å². The number of nitrogen functional groups attached to an aromatic ring is 1. The number of carbonyl (C=O) groups excluding carboxylic acids is 1. The molecular formula is C22H27N8O9PS. The van der Waals surface area contributed by atoms with Crippen LogP contribution in [0.4, 0.5) is 11.9 Å². The van der Waals surface area contributed by atoms with Crippen LogP contribution in [0.25, 0.3) is 0 Å². The number of carbonyl (C=O) groups is 1. The van der Waals surface area contributed by atoms with E-state index in [-0.39, 0.29) is 37.0 Å². The SMILES string of the molecule is C[C@H](NP(=O)(OCC1S[C@@H](n2cnc(N)nc2=O)C[C@H]1O)Oc1ccccc1)C(=O)OCc1cnc([N+](=O)[O-])n1C. The first-order valence-electron chi connectivity index (χ1n) is 12.1. The van der Waals surface area contributed by atoms with Crippen LogP contribution in [0.1, 0.15) is 24.4 Å². The number of nitrogens with one attached hydrogen (secondary N) is 1. The predicted octanol–water partition coefficient (Wildman–Crippen LogP) is 1.15. The zero-order valence-electron chi connectivity index (χ0n) is 21.8. The molecule has 2 unspecified atom stereocenters. The molecule has 0 aliphatic carbocycles. The number of esters is 1. The second-order valence-electron chi connectivity index (χ2n) is 8.86. The van der Waals surface area contributed by atoms with E-state index in [1.165, 1.54) is 47.4 Å². The van der Waals surface area contributed by atoms with Gasteiger partial charge in [0.2, 0.25) is 5.95 Å². The number of hydrogen-bond donors (Lipinski definition) is 3. The van der Waals surface area contributed by atoms with Crippen molar-refractivity contribution in [2.24, 2.45) is 7.05 Å². The van der Waals surface area contributed by atoms with Crippen molar-refractivity contribution in [2.45, 2.75) is 42.7 Å². The standard InChI is InChI=1S/C22H27N8O9PS/c1-13(19(32)37-10-14-9-24-21(28(14)2)30(34)35)27-40(36,39-15-6-4-3-5-7-15)38-11-17-16(31)8-18(41-17)29-12-25-20(23)26-22(29)33/h3-7,9,12-13,16-18,31H,8,10-11H2,1-2H3,(H,27,36)(H2,23,26,33)/t13-,16+,17?,18+,40?/m0/s1. The van der Waals surface area contributed by atoms with Crippen molar-refractivity contribution in [1.82, 2.24) is 29.2 Å². The maximum Gasteiger partial charge on any atom is 0.459 e. The lowest BCUT2D eigenvalue weighted by Gasteiger charge is -2.24. The molecule has 4 rings (SSSR count). The number of nitro groups is 1. The average molecular weight is 611 g/mol. The first kappa shape index (κ1) is 30.1. The van der Waals surface area contributed by atoms with Crippen molar-refractivity contribution in [3.63, 3.8) is 0 Å². The maximum absolute atomic E-state index is 13.8. The van der Waals surface area contributed by atoms with Crippen LogP contribution in [0.2, 0.25) is 0 Å². The predicted molar refractivity (Wildman–Crippen MR) is 145 cm³/mol. The summed E-state index contributed by atoms with van der Waals surface area (Å²) >= 11 is 1.19. The maximum atomic E-state index is 13.8. The molecule has 0 saturated carbocycles. The molecule has 3 heterocycles. The third kappa shape index (κ3) is 7.47. The largest absolute Gasteiger partial charge is 0.459 e. The van der Waals surface area contributed by atoms with E-state index < -0.39 is 53.0 Å². The van der Waals surface area contributed by atoms with Gasteiger partial charge in [-0.05, 0) is 24.0 Å². The number of rotatable bonds is 12. The van der Waals surface area contributed by atoms with Gasteiger partial charge in [-0.3, -0.25) is 13.9 Å². The van der Waals surface area contributed by atoms with Crippen LogP contribution in [-0.4, -0.2) is 64.1 Å². The second-order valence-corrected chi connectivity index (χ2v) is 12.0. The fraction of sp³-hybridized carbons (Fsp3) is 0.409. The minimum Gasteiger partial charge on any atom is -0.456 e. The van der Waals surface area contributed by atoms with E-state index in [0.29, 0.717) is 0 Å². The molecule has 1 aromatic carbocycles. The summed E-state index contributed by atoms with van der Waals surface area (Å²) in [4.78, 5) is 46.3. The van der Waals surface area contributed by atoms with Crippen molar-refractivity contribution < 1.29 is 33.2 Å². The van der Waals surface area contributed by atoms with Crippen LogP contribution in [0.3, 0.4) is 0 Å². The Bertz CT molecular complexity index is 1500. The summed E-state index contributed by atoms with van der Waals surface area (Å²) in [6, 6.07) is 6.91. The van der Waals surface area contributed by atoms with Gasteiger partial charge in [0.05, 0.1) is 30.4 Å². The molecule has 1 fully saturated rings. The van der Waals surface area contributed by atoms with Crippen molar-refractivity contribution >= 4 is 37.4 Å². The van der Waals surface area contributed by atoms with Crippen LogP contribution >= 0.6 is 19.5 Å². The number of para-hydroxylation sites is 1. The molecule has 0 radical (unpaired) electrons. The topological polar surface area (TPSA) is 229 Å². The van der Waals surface area contributed by atoms with Gasteiger partial charge in [0, 0.05) is 6.42 Å². The number of aromatic nitrogens is 5. The number of ether oxygens (including phenoxy) is 1. The highest BCUT2D eigenvalue weighted by Crippen LogP contribution is 2.48. The molecule has 19 heteroatoms. The van der Waals surface area contributed by atoms with Crippen LogP contribution < -0.4 is 21.0 Å². The number of aliphatic hydroxyl groups is 1. The Balaban J connectivity index is 1.42. The van der Waals surface area contributed by atoms with Gasteiger partial charge in [0.25, 0.3) is 0 Å². The summed E-state index contributed by atoms with van der Waals surface area (Å²) < 4.78 is 32.7. The minimum atomic E-state index is -4.24. The van der Waals surface area contributed by atoms with E-state index in [1.54, 1.807) is 30.3 Å². The third-order valence-electron chi connectivity index (χ3n) is 5.93. The molecule has 0 spiro atoms. The molecule has 0 bridgehead atoms. The van der Waals surface area contributed by atoms with Crippen molar-refractivity contribution in [1.29, 1.82) is 0 Å². The van der Waals surface area contributed by atoms with Crippen LogP contribution in [0, 0.1) is 10.1 Å². The van der Waals surface area contributed by atoms with Gasteiger partial charge in [-0.2, -0.15) is 10.1 Å². The van der Waals surface area contributed by atoms with Crippen LogP contribution in [0.5, 0.6) is 5.75 Å². The molecule has 17 nitrogen and oxygen atoms in total. The molecule has 1 aliphatic heterocycles. The van der Waals surface area contributed by atoms with E-state index in [0.717, 1.165) is 0 Å². The molecule has 0 amide bonds. The monoisotopic (exact) mass is 610 g/mol. The van der Waals surface area contributed by atoms with Crippen molar-refractivity contribution in [3.8, 4) is 5.75 Å². The quantitative estimate of drug-likeness (QED) is 0.113. The molecule has 4 N–H and O–H groups in total. The van der Waals surface area contributed by atoms with E-state index in [9.17, 15) is 29.4 Å². The highest BCUT2D eigenvalue weighted by atomic mass is 32.2. The Kier molecular flexibility index (Phi) is 9.39. The highest BCUT2D eigenvalue weighted by molar-refractivity contribution is 8.00. The number of anilines is 1. The first-order chi connectivity index (χ1) is 19.5. The molecule has 41 heavy (non-hydrogen) atoms. The fourth-order valence-electron chi connectivity index (χ4n) is 3.77. The molecular weight excluding hydrogens is 583 g/mol. The Morgan fingerprint density at radius 2 is 2.10 bits per heavy atom. The fourth-order valence-corrected chi connectivity index (χ4v) is 6.81. The number of benzene rings is 1. The third-order valence-corrected chi connectivity index (χ3v) is 9.11. The number of imidazole rings is 1. The van der Waals surface area contributed by atoms with Crippen LogP contribution in [-0.2, 0) is 32.3 Å². The Labute approximate surface area is 236 Å². The van der Waals surface area contributed by atoms with Gasteiger partial charge in [0.15, 0.2) is 5.69 Å². The Hall–Kier alpha value is -3.83. The summed E-state index contributed by atoms with van der Waals surface area (Å²) in [6.45, 7) is 0.777. The lowest BCUT2D eigenvalue weighted by atomic mass is 10.2. The number of aliphatic hydroxyl groups excluding tert-OH is 1. The number of thioether (sulfide) groups is 1. The zero-order chi connectivity index (χ0) is 29.7. The van der Waals surface area contributed by atoms with Gasteiger partial charge in [0.1, 0.15) is 30.9 Å². The average Bonchev–Trinajstić information content (AvgIpc) is 3.48. The van der Waals surface area contributed by atoms with Crippen molar-refractivity contribution in [3.05, 3.63) is 69.1 Å².